The third kappa shape index (κ3) is 3.58. The molecule has 0 aliphatic carbocycles. The first kappa shape index (κ1) is 18.8. The highest BCUT2D eigenvalue weighted by Crippen LogP contribution is 2.37. The van der Waals surface area contributed by atoms with Crippen LogP contribution in [0.2, 0.25) is 0 Å². The monoisotopic (exact) mass is 629 g/mol. The molecule has 3 amide bonds. The van der Waals surface area contributed by atoms with Gasteiger partial charge in [-0.15, -0.1) is 0 Å². The summed E-state index contributed by atoms with van der Waals surface area (Å²) in [6, 6.07) is 0. The Labute approximate surface area is 161 Å². The zero-order valence-corrected chi connectivity index (χ0v) is 17.1. The van der Waals surface area contributed by atoms with Gasteiger partial charge in [-0.05, 0) is 67.8 Å². The van der Waals surface area contributed by atoms with Crippen molar-refractivity contribution in [2.45, 2.75) is 0 Å². The number of likely N-dealkylation sites (N-methyl/N-ethyl adjacent to an activating group) is 1. The van der Waals surface area contributed by atoms with Crippen LogP contribution in [0, 0.1) is 10.7 Å². The third-order valence-electron chi connectivity index (χ3n) is 2.63. The zero-order valence-electron chi connectivity index (χ0n) is 10.6. The van der Waals surface area contributed by atoms with Crippen molar-refractivity contribution in [1.82, 2.24) is 0 Å². The number of halogens is 3. The molecule has 0 spiro atoms. The van der Waals surface area contributed by atoms with Crippen molar-refractivity contribution in [3.8, 4) is 0 Å². The van der Waals surface area contributed by atoms with Crippen LogP contribution in [0.1, 0.15) is 20.7 Å². The first-order valence-corrected chi connectivity index (χ1v) is 8.56. The Morgan fingerprint density at radius 3 is 1.67 bits per heavy atom. The van der Waals surface area contributed by atoms with Crippen LogP contribution in [-0.2, 0) is 4.79 Å². The average molecular weight is 629 g/mol. The van der Waals surface area contributed by atoms with E-state index in [9.17, 15) is 14.4 Å². The predicted octanol–water partition coefficient (Wildman–Crippen LogP) is 0.653. The van der Waals surface area contributed by atoms with Crippen LogP contribution >= 0.6 is 67.8 Å². The molecule has 0 radical (unpaired) electrons. The van der Waals surface area contributed by atoms with Crippen LogP contribution < -0.4 is 16.4 Å². The molecule has 0 saturated heterocycles. The number of amides is 3. The van der Waals surface area contributed by atoms with Gasteiger partial charge in [0.25, 0.3) is 17.7 Å². The number of nitrogens with two attached hydrogens (primary N) is 2. The molecule has 1 aromatic rings. The lowest BCUT2D eigenvalue weighted by Crippen LogP contribution is -2.33. The van der Waals surface area contributed by atoms with Gasteiger partial charge in [0.1, 0.15) is 6.61 Å². The molecule has 114 valence electrons. The Hall–Kier alpha value is -0.220. The van der Waals surface area contributed by atoms with Gasteiger partial charge < -0.3 is 21.5 Å². The number of carbonyl (C=O) groups is 3. The van der Waals surface area contributed by atoms with Crippen molar-refractivity contribution in [2.24, 2.45) is 11.5 Å². The van der Waals surface area contributed by atoms with E-state index in [0.29, 0.717) is 16.4 Å². The molecule has 0 heterocycles. The second-order valence-corrected chi connectivity index (χ2v) is 7.12. The summed E-state index contributed by atoms with van der Waals surface area (Å²) in [6.45, 7) is -0.702. The topological polar surface area (TPSA) is 127 Å². The Kier molecular flexibility index (Phi) is 6.60. The fourth-order valence-electron chi connectivity index (χ4n) is 1.61. The van der Waals surface area contributed by atoms with Crippen molar-refractivity contribution in [2.75, 3.05) is 18.6 Å². The first-order chi connectivity index (χ1) is 9.64. The molecular formula is C11H10I3N3O4. The van der Waals surface area contributed by atoms with E-state index in [1.807, 2.05) is 67.8 Å². The maximum absolute atomic E-state index is 11.7. The van der Waals surface area contributed by atoms with Crippen LogP contribution in [0.4, 0.5) is 5.69 Å². The van der Waals surface area contributed by atoms with Gasteiger partial charge in [0.05, 0.1) is 24.0 Å². The van der Waals surface area contributed by atoms with Crippen LogP contribution in [-0.4, -0.2) is 36.5 Å². The summed E-state index contributed by atoms with van der Waals surface area (Å²) in [5.41, 5.74) is 11.3. The van der Waals surface area contributed by atoms with Gasteiger partial charge in [-0.1, -0.05) is 0 Å². The Morgan fingerprint density at radius 1 is 1.00 bits per heavy atom. The van der Waals surface area contributed by atoms with Crippen molar-refractivity contribution in [3.63, 3.8) is 0 Å². The molecule has 10 heteroatoms. The molecule has 1 rings (SSSR count). The molecule has 0 unspecified atom stereocenters. The number of primary amides is 2. The molecule has 1 aromatic carbocycles. The van der Waals surface area contributed by atoms with Gasteiger partial charge in [0.2, 0.25) is 0 Å². The fraction of sp³-hybridized carbons (Fsp3) is 0.182. The van der Waals surface area contributed by atoms with Gasteiger partial charge in [-0.3, -0.25) is 14.4 Å². The standard InChI is InChI=1S/C11H10I3N3O4/c1-17(3(19)2-18)9-7(13)4(10(15)20)6(12)5(8(9)14)11(16)21/h18H,2H2,1H3,(H2,15,20)(H2,16,21). The number of rotatable bonds is 4. The number of benzene rings is 1. The minimum absolute atomic E-state index is 0.123. The average Bonchev–Trinajstić information content (AvgIpc) is 2.36. The van der Waals surface area contributed by atoms with Crippen LogP contribution in [0.3, 0.4) is 0 Å². The number of hydrogen-bond donors (Lipinski definition) is 3. The number of aliphatic hydroxyl groups is 1. The Morgan fingerprint density at radius 2 is 1.38 bits per heavy atom. The van der Waals surface area contributed by atoms with E-state index in [1.54, 1.807) is 0 Å². The molecule has 0 aromatic heterocycles. The highest BCUT2D eigenvalue weighted by atomic mass is 127. The van der Waals surface area contributed by atoms with Crippen LogP contribution in [0.25, 0.3) is 0 Å². The smallest absolute Gasteiger partial charge is 0.252 e. The van der Waals surface area contributed by atoms with Crippen LogP contribution in [0.5, 0.6) is 0 Å². The molecule has 0 aliphatic rings. The SMILES string of the molecule is CN(C(=O)CO)c1c(I)c(C(N)=O)c(I)c(C(N)=O)c1I. The second-order valence-electron chi connectivity index (χ2n) is 3.88. The van der Waals surface area contributed by atoms with Gasteiger partial charge in [0.15, 0.2) is 0 Å². The lowest BCUT2D eigenvalue weighted by atomic mass is 10.1. The fourth-order valence-corrected chi connectivity index (χ4v) is 6.56. The lowest BCUT2D eigenvalue weighted by molar-refractivity contribution is -0.120. The quantitative estimate of drug-likeness (QED) is 0.424. The molecule has 0 aliphatic heterocycles. The maximum Gasteiger partial charge on any atom is 0.252 e. The van der Waals surface area contributed by atoms with E-state index in [1.165, 1.54) is 11.9 Å². The van der Waals surface area contributed by atoms with Gasteiger partial charge in [-0.2, -0.15) is 0 Å². The minimum Gasteiger partial charge on any atom is -0.387 e. The Balaban J connectivity index is 3.84. The minimum atomic E-state index is -0.728. The third-order valence-corrected chi connectivity index (χ3v) is 5.81. The Bertz CT molecular complexity index is 607. The molecular weight excluding hydrogens is 619 g/mol. The number of anilines is 1. The van der Waals surface area contributed by atoms with Crippen molar-refractivity contribution in [3.05, 3.63) is 21.8 Å². The summed E-state index contributed by atoms with van der Waals surface area (Å²) in [5.74, 6) is -2.04. The number of aliphatic hydroxyl groups excluding tert-OH is 1. The first-order valence-electron chi connectivity index (χ1n) is 5.32. The summed E-state index contributed by atoms with van der Waals surface area (Å²) in [4.78, 5) is 36.2. The van der Waals surface area contributed by atoms with E-state index in [2.05, 4.69) is 0 Å². The van der Waals surface area contributed by atoms with Gasteiger partial charge in [0, 0.05) is 10.6 Å². The zero-order chi connectivity index (χ0) is 16.5. The molecule has 0 atom stereocenters. The normalized spacial score (nSPS) is 10.3. The van der Waals surface area contributed by atoms with E-state index >= 15 is 0 Å². The summed E-state index contributed by atoms with van der Waals surface area (Å²) in [5, 5.41) is 8.98. The molecule has 5 N–H and O–H groups in total. The summed E-state index contributed by atoms with van der Waals surface area (Å²) >= 11 is 5.57. The van der Waals surface area contributed by atoms with Crippen LogP contribution in [0.15, 0.2) is 0 Å². The van der Waals surface area contributed by atoms with Crippen molar-refractivity contribution in [1.29, 1.82) is 0 Å². The number of carbonyl (C=O) groups excluding carboxylic acids is 3. The van der Waals surface area contributed by atoms with Crippen molar-refractivity contribution >= 4 is 91.2 Å². The van der Waals surface area contributed by atoms with E-state index in [4.69, 9.17) is 16.6 Å². The molecule has 7 nitrogen and oxygen atoms in total. The molecule has 21 heavy (non-hydrogen) atoms. The maximum atomic E-state index is 11.7. The highest BCUT2D eigenvalue weighted by Gasteiger charge is 2.28. The van der Waals surface area contributed by atoms with Crippen molar-refractivity contribution < 1.29 is 19.5 Å². The van der Waals surface area contributed by atoms with E-state index in [-0.39, 0.29) is 11.1 Å². The largest absolute Gasteiger partial charge is 0.387 e. The summed E-state index contributed by atoms with van der Waals surface area (Å²) < 4.78 is 1.18. The second kappa shape index (κ2) is 7.36. The van der Waals surface area contributed by atoms with Gasteiger partial charge in [-0.25, -0.2) is 0 Å². The van der Waals surface area contributed by atoms with E-state index in [0.717, 1.165) is 0 Å². The summed E-state index contributed by atoms with van der Waals surface area (Å²) in [6.07, 6.45) is 0. The predicted molar refractivity (Wildman–Crippen MR) is 102 cm³/mol. The molecule has 0 bridgehead atoms. The highest BCUT2D eigenvalue weighted by molar-refractivity contribution is 14.1. The van der Waals surface area contributed by atoms with E-state index < -0.39 is 24.3 Å². The van der Waals surface area contributed by atoms with Gasteiger partial charge >= 0.3 is 0 Å². The lowest BCUT2D eigenvalue weighted by Gasteiger charge is -2.23. The number of hydrogen-bond acceptors (Lipinski definition) is 4. The molecule has 0 fully saturated rings. The molecule has 0 saturated carbocycles. The summed E-state index contributed by atoms with van der Waals surface area (Å²) in [7, 11) is 1.43. The number of nitrogens with zero attached hydrogens (tertiary/aromatic N) is 1.